The highest BCUT2D eigenvalue weighted by atomic mass is 35.5. The number of Topliss-reactive ketones (excluding diaryl/α,β-unsaturated/α-hetero) is 1. The zero-order valence-corrected chi connectivity index (χ0v) is 57.2. The number of fused-ring (bicyclic) bond motifs is 2. The fourth-order valence-corrected chi connectivity index (χ4v) is 18.0. The first-order valence-electron chi connectivity index (χ1n) is 33.7. The summed E-state index contributed by atoms with van der Waals surface area (Å²) in [5.74, 6) is 1.63. The number of nitrogens with one attached hydrogen (secondary N) is 4. The number of nitriles is 1. The molecule has 94 heavy (non-hydrogen) atoms. The summed E-state index contributed by atoms with van der Waals surface area (Å²) >= 11 is 13.0. The van der Waals surface area contributed by atoms with Crippen LogP contribution in [0.1, 0.15) is 157 Å². The van der Waals surface area contributed by atoms with Crippen LogP contribution in [0.2, 0.25) is 10.0 Å². The summed E-state index contributed by atoms with van der Waals surface area (Å²) < 4.78 is 70.5. The maximum atomic E-state index is 13.7. The molecule has 4 heterocycles. The standard InChI is InChI=1S/C70H90Cl2N10O10S2/c1-47-11-10-31-81(44-47)65-42-60-62(39-52(72)40-63(60)74-3)69(65)92-56-18-22-58(23-19-56)94(89,90)78-53-26-34-80(35-27-53)66(84)14-7-6-13-54(83)12-5-4-8-28-76-70(86)77-29-9-15-67(85)79-32-24-49(25-33-79)46-93(87,88)57-20-16-55(17-21-57)91-68-61-38-51(71)37-50(43-73)59(61)41-64(68)82-36-30-75-48(2)45-82/h16-23,37-40,47-49,53,64-65,68-69,75,78H,4-15,24-36,41-42,44-46H2,1-2H3,(H2,76,77,86)/t47-,48+,64-,65-,68-,69-/m0/s1. The van der Waals surface area contributed by atoms with Crippen LogP contribution in [0.25, 0.3) is 4.85 Å². The Hall–Kier alpha value is -6.34. The van der Waals surface area contributed by atoms with Crippen LogP contribution >= 0.6 is 23.2 Å². The molecule has 6 atom stereocenters. The van der Waals surface area contributed by atoms with Gasteiger partial charge in [-0.3, -0.25) is 24.2 Å². The van der Waals surface area contributed by atoms with Gasteiger partial charge in [0, 0.05) is 113 Å². The van der Waals surface area contributed by atoms with E-state index in [1.807, 2.05) is 12.1 Å². The minimum Gasteiger partial charge on any atom is -0.484 e. The van der Waals surface area contributed by atoms with Crippen molar-refractivity contribution < 1.29 is 45.5 Å². The van der Waals surface area contributed by atoms with Crippen LogP contribution in [0.3, 0.4) is 0 Å². The second-order valence-corrected chi connectivity index (χ2v) is 31.2. The van der Waals surface area contributed by atoms with Crippen LogP contribution in [0.4, 0.5) is 10.5 Å². The fraction of sp³-hybridized carbons (Fsp3) is 0.571. The van der Waals surface area contributed by atoms with Crippen molar-refractivity contribution in [3.05, 3.63) is 122 Å². The number of piperidine rings is 3. The molecular formula is C70H90Cl2N10O10S2. The minimum absolute atomic E-state index is 0.00318. The van der Waals surface area contributed by atoms with Gasteiger partial charge < -0.3 is 35.2 Å². The highest BCUT2D eigenvalue weighted by Crippen LogP contribution is 2.46. The molecule has 6 aliphatic rings. The fourth-order valence-electron chi connectivity index (χ4n) is 14.6. The smallest absolute Gasteiger partial charge is 0.314 e. The summed E-state index contributed by atoms with van der Waals surface area (Å²) in [5, 5.41) is 20.0. The number of carbonyl (C=O) groups is 4. The number of nitrogens with zero attached hydrogens (tertiary/aromatic N) is 6. The number of halogens is 2. The molecule has 4 saturated heterocycles. The first kappa shape index (κ1) is 70.5. The van der Waals surface area contributed by atoms with E-state index in [1.54, 1.807) is 70.5 Å². The summed E-state index contributed by atoms with van der Waals surface area (Å²) in [7, 11) is -7.47. The molecule has 0 unspecified atom stereocenters. The molecule has 0 bridgehead atoms. The van der Waals surface area contributed by atoms with E-state index in [1.165, 1.54) is 6.42 Å². The number of carbonyl (C=O) groups excluding carboxylic acids is 4. The Labute approximate surface area is 564 Å². The van der Waals surface area contributed by atoms with Gasteiger partial charge in [0.2, 0.25) is 21.8 Å². The monoisotopic (exact) mass is 1360 g/mol. The Morgan fingerprint density at radius 2 is 1.21 bits per heavy atom. The van der Waals surface area contributed by atoms with Gasteiger partial charge in [-0.25, -0.2) is 31.2 Å². The molecule has 506 valence electrons. The van der Waals surface area contributed by atoms with E-state index in [2.05, 4.69) is 55.2 Å². The number of amides is 4. The van der Waals surface area contributed by atoms with E-state index >= 15 is 0 Å². The van der Waals surface area contributed by atoms with Crippen LogP contribution in [-0.2, 0) is 47.1 Å². The maximum absolute atomic E-state index is 13.7. The number of ketones is 1. The van der Waals surface area contributed by atoms with Crippen LogP contribution in [0, 0.1) is 29.7 Å². The van der Waals surface area contributed by atoms with Crippen molar-refractivity contribution in [1.29, 1.82) is 5.26 Å². The van der Waals surface area contributed by atoms with Gasteiger partial charge >= 0.3 is 6.03 Å². The van der Waals surface area contributed by atoms with Crippen molar-refractivity contribution >= 4 is 72.4 Å². The third-order valence-corrected chi connectivity index (χ3v) is 23.6. The number of piperazine rings is 1. The molecule has 4 aromatic rings. The van der Waals surface area contributed by atoms with E-state index in [0.29, 0.717) is 174 Å². The summed E-state index contributed by atoms with van der Waals surface area (Å²) in [6.07, 6.45) is 10.3. The van der Waals surface area contributed by atoms with Gasteiger partial charge in [-0.1, -0.05) is 36.5 Å². The maximum Gasteiger partial charge on any atom is 0.314 e. The van der Waals surface area contributed by atoms with E-state index in [4.69, 9.17) is 39.2 Å². The van der Waals surface area contributed by atoms with Gasteiger partial charge in [-0.05, 0) is 204 Å². The van der Waals surface area contributed by atoms with Crippen LogP contribution in [0.5, 0.6) is 11.5 Å². The van der Waals surface area contributed by atoms with E-state index < -0.39 is 19.9 Å². The number of likely N-dealkylation sites (tertiary alicyclic amines) is 3. The lowest BCUT2D eigenvalue weighted by Crippen LogP contribution is -2.54. The summed E-state index contributed by atoms with van der Waals surface area (Å²) in [4.78, 5) is 63.8. The lowest BCUT2D eigenvalue weighted by Gasteiger charge is -2.38. The molecule has 4 amide bonds. The molecule has 0 saturated carbocycles. The molecule has 4 fully saturated rings. The number of ether oxygens (including phenoxy) is 2. The van der Waals surface area contributed by atoms with Gasteiger partial charge in [-0.15, -0.1) is 0 Å². The first-order chi connectivity index (χ1) is 45.2. The molecule has 0 spiro atoms. The van der Waals surface area contributed by atoms with Crippen molar-refractivity contribution in [3.8, 4) is 17.6 Å². The minimum atomic E-state index is -3.85. The molecule has 24 heteroatoms. The second kappa shape index (κ2) is 32.6. The van der Waals surface area contributed by atoms with Gasteiger partial charge in [0.25, 0.3) is 0 Å². The van der Waals surface area contributed by atoms with Crippen molar-refractivity contribution in [2.75, 3.05) is 77.7 Å². The van der Waals surface area contributed by atoms with Crippen molar-refractivity contribution in [3.63, 3.8) is 0 Å². The predicted molar refractivity (Wildman–Crippen MR) is 361 cm³/mol. The van der Waals surface area contributed by atoms with Crippen molar-refractivity contribution in [1.82, 2.24) is 40.3 Å². The van der Waals surface area contributed by atoms with Crippen molar-refractivity contribution in [2.24, 2.45) is 11.8 Å². The van der Waals surface area contributed by atoms with E-state index in [9.17, 15) is 41.3 Å². The topological polar surface area (TPSA) is 244 Å². The number of benzene rings is 4. The number of sulfonamides is 1. The Morgan fingerprint density at radius 3 is 1.83 bits per heavy atom. The van der Waals surface area contributed by atoms with Crippen LogP contribution < -0.4 is 30.1 Å². The molecule has 0 aromatic heterocycles. The molecule has 4 aromatic carbocycles. The number of rotatable bonds is 27. The highest BCUT2D eigenvalue weighted by molar-refractivity contribution is 7.91. The number of unbranched alkanes of at least 4 members (excludes halogenated alkanes) is 3. The Balaban J connectivity index is 0.540. The molecule has 2 aliphatic carbocycles. The summed E-state index contributed by atoms with van der Waals surface area (Å²) in [6, 6.07) is 22.2. The average molecular weight is 1370 g/mol. The number of hydrogen-bond donors (Lipinski definition) is 4. The molecular weight excluding hydrogens is 1280 g/mol. The van der Waals surface area contributed by atoms with Crippen LogP contribution in [0.15, 0.2) is 82.6 Å². The molecule has 0 radical (unpaired) electrons. The van der Waals surface area contributed by atoms with E-state index in [0.717, 1.165) is 67.8 Å². The lowest BCUT2D eigenvalue weighted by molar-refractivity contribution is -0.133. The number of sulfone groups is 1. The third-order valence-electron chi connectivity index (χ3n) is 19.7. The number of hydrogen-bond acceptors (Lipinski definition) is 14. The lowest BCUT2D eigenvalue weighted by atomic mass is 9.97. The Bertz CT molecular complexity index is 3410. The molecule has 20 nitrogen and oxygen atoms in total. The number of urea groups is 1. The van der Waals surface area contributed by atoms with Gasteiger partial charge in [0.05, 0.1) is 45.8 Å². The van der Waals surface area contributed by atoms with Gasteiger partial charge in [0.15, 0.2) is 15.5 Å². The Kier molecular flexibility index (Phi) is 24.4. The van der Waals surface area contributed by atoms with Crippen LogP contribution in [-0.4, -0.2) is 162 Å². The zero-order valence-electron chi connectivity index (χ0n) is 54.1. The first-order valence-corrected chi connectivity index (χ1v) is 37.6. The average Bonchev–Trinajstić information content (AvgIpc) is 1.62. The third kappa shape index (κ3) is 18.4. The largest absolute Gasteiger partial charge is 0.484 e. The van der Waals surface area contributed by atoms with Gasteiger partial charge in [-0.2, -0.15) is 5.26 Å². The van der Waals surface area contributed by atoms with Gasteiger partial charge in [0.1, 0.15) is 29.5 Å². The normalized spacial score (nSPS) is 22.2. The summed E-state index contributed by atoms with van der Waals surface area (Å²) in [6.45, 7) is 19.2. The highest BCUT2D eigenvalue weighted by Gasteiger charge is 2.43. The predicted octanol–water partition coefficient (Wildman–Crippen LogP) is 10.3. The molecule has 4 N–H and O–H groups in total. The molecule has 4 aliphatic heterocycles. The quantitative estimate of drug-likeness (QED) is 0.0321. The van der Waals surface area contributed by atoms with E-state index in [-0.39, 0.29) is 81.8 Å². The second-order valence-electron chi connectivity index (χ2n) is 26.6. The zero-order chi connectivity index (χ0) is 66.5. The summed E-state index contributed by atoms with van der Waals surface area (Å²) in [5.41, 5.74) is 4.76. The Morgan fingerprint density at radius 1 is 0.660 bits per heavy atom. The van der Waals surface area contributed by atoms with Crippen molar-refractivity contribution in [2.45, 2.75) is 176 Å². The SMILES string of the molecule is [C-]#[N+]c1cc(Cl)cc2c1C[C@H](N1CCC[C@H](C)C1)[C@H]2Oc1ccc(S(=O)(=O)NC2CCN(C(=O)CCCCC(=O)CCCCCNC(=O)NCCCC(=O)N3CCC(CS(=O)(=O)c4ccc(O[C@H]5c6cc(Cl)cc(C#N)c6C[C@@H]5N5CCN[C@H](C)C5)cc4)CC3)CC2)cc1. The molecule has 10 rings (SSSR count).